The molecule has 2 aromatic carbocycles. The van der Waals surface area contributed by atoms with Crippen molar-refractivity contribution in [1.82, 2.24) is 4.98 Å². The summed E-state index contributed by atoms with van der Waals surface area (Å²) >= 11 is 6.01. The highest BCUT2D eigenvalue weighted by Gasteiger charge is 2.42. The topological polar surface area (TPSA) is 62.0 Å². The van der Waals surface area contributed by atoms with Crippen molar-refractivity contribution in [3.05, 3.63) is 75.7 Å². The number of carbonyl (C=O) groups excluding carboxylic acids is 1. The quantitative estimate of drug-likeness (QED) is 0.709. The standard InChI is InChI=1S/C21H19ClN2O2/c22-16-5-3-15(4-6-16)21(10-1-2-11-21)20(26)24-17-7-8-18-14(13-17)9-12-23-19(18)25/h3-9,12-13H,1-2,10-11H2,(H,23,25)(H,24,26). The Kier molecular flexibility index (Phi) is 4.29. The molecule has 26 heavy (non-hydrogen) atoms. The molecule has 4 nitrogen and oxygen atoms in total. The second-order valence-corrected chi connectivity index (χ2v) is 7.30. The minimum atomic E-state index is -0.520. The maximum atomic E-state index is 13.2. The van der Waals surface area contributed by atoms with Crippen LogP contribution < -0.4 is 10.9 Å². The lowest BCUT2D eigenvalue weighted by atomic mass is 9.78. The van der Waals surface area contributed by atoms with Gasteiger partial charge in [0.25, 0.3) is 5.56 Å². The number of halogens is 1. The fourth-order valence-electron chi connectivity index (χ4n) is 3.92. The van der Waals surface area contributed by atoms with Crippen LogP contribution >= 0.6 is 11.6 Å². The predicted octanol–water partition coefficient (Wildman–Crippen LogP) is 4.63. The smallest absolute Gasteiger partial charge is 0.255 e. The summed E-state index contributed by atoms with van der Waals surface area (Å²) < 4.78 is 0. The van der Waals surface area contributed by atoms with Gasteiger partial charge in [-0.1, -0.05) is 36.6 Å². The zero-order chi connectivity index (χ0) is 18.1. The second-order valence-electron chi connectivity index (χ2n) is 6.86. The van der Waals surface area contributed by atoms with Crippen LogP contribution in [-0.2, 0) is 10.2 Å². The molecule has 2 N–H and O–H groups in total. The molecule has 0 atom stereocenters. The molecular formula is C21H19ClN2O2. The Morgan fingerprint density at radius 1 is 1.04 bits per heavy atom. The van der Waals surface area contributed by atoms with Crippen LogP contribution in [0.2, 0.25) is 5.02 Å². The number of nitrogens with one attached hydrogen (secondary N) is 2. The highest BCUT2D eigenvalue weighted by atomic mass is 35.5. The summed E-state index contributed by atoms with van der Waals surface area (Å²) in [6, 6.07) is 14.8. The van der Waals surface area contributed by atoms with E-state index in [1.165, 1.54) is 0 Å². The number of H-pyrrole nitrogens is 1. The number of benzene rings is 2. The summed E-state index contributed by atoms with van der Waals surface area (Å²) in [5.74, 6) is 0.00140. The Hall–Kier alpha value is -2.59. The van der Waals surface area contributed by atoms with E-state index in [1.54, 1.807) is 18.3 Å². The van der Waals surface area contributed by atoms with E-state index in [1.807, 2.05) is 36.4 Å². The van der Waals surface area contributed by atoms with Crippen LogP contribution in [0.15, 0.2) is 59.5 Å². The van der Waals surface area contributed by atoms with E-state index in [-0.39, 0.29) is 11.5 Å². The highest BCUT2D eigenvalue weighted by molar-refractivity contribution is 6.30. The van der Waals surface area contributed by atoms with E-state index in [0.717, 1.165) is 36.6 Å². The second kappa shape index (κ2) is 6.61. The van der Waals surface area contributed by atoms with E-state index in [0.29, 0.717) is 16.1 Å². The molecular weight excluding hydrogens is 348 g/mol. The first kappa shape index (κ1) is 16.9. The first-order valence-corrected chi connectivity index (χ1v) is 9.15. The van der Waals surface area contributed by atoms with Gasteiger partial charge < -0.3 is 10.3 Å². The minimum absolute atomic E-state index is 0.00140. The number of amides is 1. The fraction of sp³-hybridized carbons (Fsp3) is 0.238. The maximum Gasteiger partial charge on any atom is 0.255 e. The van der Waals surface area contributed by atoms with Gasteiger partial charge in [-0.3, -0.25) is 9.59 Å². The van der Waals surface area contributed by atoms with Crippen molar-refractivity contribution in [3.8, 4) is 0 Å². The lowest BCUT2D eigenvalue weighted by Gasteiger charge is -2.28. The van der Waals surface area contributed by atoms with E-state index in [2.05, 4.69) is 10.3 Å². The Bertz CT molecular complexity index is 1020. The average molecular weight is 367 g/mol. The molecule has 3 aromatic rings. The zero-order valence-corrected chi connectivity index (χ0v) is 15.0. The van der Waals surface area contributed by atoms with Crippen LogP contribution in [-0.4, -0.2) is 10.9 Å². The molecule has 0 bridgehead atoms. The van der Waals surface area contributed by atoms with Crippen molar-refractivity contribution in [2.45, 2.75) is 31.1 Å². The number of aromatic amines is 1. The SMILES string of the molecule is O=C(Nc1ccc2c(=O)[nH]ccc2c1)C1(c2ccc(Cl)cc2)CCCC1. The number of anilines is 1. The molecule has 0 saturated heterocycles. The molecule has 132 valence electrons. The third-order valence-corrected chi connectivity index (χ3v) is 5.57. The van der Waals surface area contributed by atoms with Crippen LogP contribution in [0.3, 0.4) is 0 Å². The van der Waals surface area contributed by atoms with Crippen molar-refractivity contribution in [1.29, 1.82) is 0 Å². The number of rotatable bonds is 3. The predicted molar refractivity (Wildman–Crippen MR) is 105 cm³/mol. The molecule has 1 aliphatic carbocycles. The van der Waals surface area contributed by atoms with Crippen LogP contribution in [0, 0.1) is 0 Å². The van der Waals surface area contributed by atoms with Gasteiger partial charge in [-0.2, -0.15) is 0 Å². The van der Waals surface area contributed by atoms with Crippen LogP contribution in [0.4, 0.5) is 5.69 Å². The average Bonchev–Trinajstić information content (AvgIpc) is 3.13. The summed E-state index contributed by atoms with van der Waals surface area (Å²) in [6.45, 7) is 0. The van der Waals surface area contributed by atoms with Crippen molar-refractivity contribution in [2.24, 2.45) is 0 Å². The summed E-state index contributed by atoms with van der Waals surface area (Å²) in [5, 5.41) is 5.15. The third kappa shape index (κ3) is 2.90. The molecule has 0 aliphatic heterocycles. The molecule has 1 fully saturated rings. The number of hydrogen-bond donors (Lipinski definition) is 2. The van der Waals surface area contributed by atoms with Crippen molar-refractivity contribution < 1.29 is 4.79 Å². The normalized spacial score (nSPS) is 15.9. The first-order valence-electron chi connectivity index (χ1n) is 8.77. The Morgan fingerprint density at radius 2 is 1.77 bits per heavy atom. The molecule has 0 unspecified atom stereocenters. The molecule has 1 heterocycles. The molecule has 5 heteroatoms. The van der Waals surface area contributed by atoms with Gasteiger partial charge in [-0.25, -0.2) is 0 Å². The number of aromatic nitrogens is 1. The number of carbonyl (C=O) groups is 1. The van der Waals surface area contributed by atoms with Crippen LogP contribution in [0.5, 0.6) is 0 Å². The molecule has 0 spiro atoms. The number of pyridine rings is 1. The van der Waals surface area contributed by atoms with Gasteiger partial charge in [-0.15, -0.1) is 0 Å². The number of hydrogen-bond acceptors (Lipinski definition) is 2. The van der Waals surface area contributed by atoms with Gasteiger partial charge in [0, 0.05) is 22.3 Å². The molecule has 1 aromatic heterocycles. The summed E-state index contributed by atoms with van der Waals surface area (Å²) in [5.41, 5.74) is 1.06. The molecule has 1 saturated carbocycles. The summed E-state index contributed by atoms with van der Waals surface area (Å²) in [6.07, 6.45) is 5.33. The van der Waals surface area contributed by atoms with Crippen molar-refractivity contribution in [3.63, 3.8) is 0 Å². The maximum absolute atomic E-state index is 13.2. The first-order chi connectivity index (χ1) is 12.6. The van der Waals surface area contributed by atoms with E-state index in [4.69, 9.17) is 11.6 Å². The van der Waals surface area contributed by atoms with E-state index >= 15 is 0 Å². The Balaban J connectivity index is 1.67. The largest absolute Gasteiger partial charge is 0.329 e. The summed E-state index contributed by atoms with van der Waals surface area (Å²) in [7, 11) is 0. The lowest BCUT2D eigenvalue weighted by molar-refractivity contribution is -0.121. The van der Waals surface area contributed by atoms with Gasteiger partial charge in [0.2, 0.25) is 5.91 Å². The third-order valence-electron chi connectivity index (χ3n) is 5.32. The molecule has 1 amide bonds. The van der Waals surface area contributed by atoms with Crippen LogP contribution in [0.1, 0.15) is 31.2 Å². The Morgan fingerprint density at radius 3 is 2.50 bits per heavy atom. The fourth-order valence-corrected chi connectivity index (χ4v) is 4.04. The van der Waals surface area contributed by atoms with E-state index < -0.39 is 5.41 Å². The van der Waals surface area contributed by atoms with Gasteiger partial charge >= 0.3 is 0 Å². The highest BCUT2D eigenvalue weighted by Crippen LogP contribution is 2.42. The molecule has 0 radical (unpaired) electrons. The lowest BCUT2D eigenvalue weighted by Crippen LogP contribution is -2.38. The molecule has 1 aliphatic rings. The van der Waals surface area contributed by atoms with Gasteiger partial charge in [0.05, 0.1) is 5.41 Å². The zero-order valence-electron chi connectivity index (χ0n) is 14.2. The van der Waals surface area contributed by atoms with Crippen molar-refractivity contribution in [2.75, 3.05) is 5.32 Å². The minimum Gasteiger partial charge on any atom is -0.329 e. The van der Waals surface area contributed by atoms with E-state index in [9.17, 15) is 9.59 Å². The van der Waals surface area contributed by atoms with Gasteiger partial charge in [0.15, 0.2) is 0 Å². The van der Waals surface area contributed by atoms with Gasteiger partial charge in [0.1, 0.15) is 0 Å². The number of fused-ring (bicyclic) bond motifs is 1. The van der Waals surface area contributed by atoms with Crippen LogP contribution in [0.25, 0.3) is 10.8 Å². The van der Waals surface area contributed by atoms with Crippen molar-refractivity contribution >= 4 is 34.0 Å². The molecule has 4 rings (SSSR count). The monoisotopic (exact) mass is 366 g/mol. The Labute approximate surface area is 156 Å². The summed E-state index contributed by atoms with van der Waals surface area (Å²) in [4.78, 5) is 27.7. The van der Waals surface area contributed by atoms with Gasteiger partial charge in [-0.05, 0) is 60.2 Å².